The van der Waals surface area contributed by atoms with Gasteiger partial charge in [-0.25, -0.2) is 0 Å². The molecule has 0 bridgehead atoms. The van der Waals surface area contributed by atoms with Gasteiger partial charge in [0.2, 0.25) is 0 Å². The Morgan fingerprint density at radius 1 is 1.17 bits per heavy atom. The molecule has 4 aliphatic rings. The lowest BCUT2D eigenvalue weighted by Crippen LogP contribution is -2.53. The number of hydrogen-bond donors (Lipinski definition) is 1. The maximum Gasteiger partial charge on any atom is 0.0596 e. The first-order chi connectivity index (χ1) is 14.2. The van der Waals surface area contributed by atoms with Crippen molar-refractivity contribution in [2.24, 2.45) is 46.3 Å². The summed E-state index contributed by atoms with van der Waals surface area (Å²) >= 11 is 0. The molecule has 0 aromatic carbocycles. The summed E-state index contributed by atoms with van der Waals surface area (Å²) in [6, 6.07) is 0. The zero-order valence-electron chi connectivity index (χ0n) is 19.4. The van der Waals surface area contributed by atoms with E-state index in [1.807, 2.05) is 12.2 Å². The Bertz CT molecular complexity index is 722. The third-order valence-corrected chi connectivity index (χ3v) is 9.89. The zero-order valence-corrected chi connectivity index (χ0v) is 19.4. The van der Waals surface area contributed by atoms with Crippen LogP contribution in [0.15, 0.2) is 23.8 Å². The van der Waals surface area contributed by atoms with Crippen LogP contribution in [0.4, 0.5) is 0 Å². The normalized spacial score (nSPS) is 44.3. The standard InChI is InChI=1S/C27H42O3/c1-17(2)6-5-7-20(25(29)30)18-12-14-26(3)19(16-18)8-9-21-22-10-11-24(28)27(22,4)15-13-23(21)26/h5,7,12,17,19-24,28H,6,8-11,13-16H2,1-4H3,(H,29,30)/p-1/t19-,20-,21+,22+,23-,24-,26-,27-/m0/s1. The van der Waals surface area contributed by atoms with E-state index in [-0.39, 0.29) is 16.9 Å². The highest BCUT2D eigenvalue weighted by molar-refractivity contribution is 5.74. The van der Waals surface area contributed by atoms with Gasteiger partial charge < -0.3 is 15.0 Å². The fraction of sp³-hybridized carbons (Fsp3) is 0.815. The van der Waals surface area contributed by atoms with Crippen LogP contribution in [0.3, 0.4) is 0 Å². The Kier molecular flexibility index (Phi) is 5.98. The summed E-state index contributed by atoms with van der Waals surface area (Å²) in [6.07, 6.45) is 15.9. The summed E-state index contributed by atoms with van der Waals surface area (Å²) < 4.78 is 0. The number of rotatable bonds is 5. The Morgan fingerprint density at radius 3 is 2.60 bits per heavy atom. The average Bonchev–Trinajstić information content (AvgIpc) is 2.99. The van der Waals surface area contributed by atoms with Crippen molar-refractivity contribution in [3.8, 4) is 0 Å². The molecule has 4 rings (SSSR count). The maximum absolute atomic E-state index is 11.9. The van der Waals surface area contributed by atoms with E-state index in [0.29, 0.717) is 17.8 Å². The molecule has 0 amide bonds. The molecule has 3 saturated carbocycles. The van der Waals surface area contributed by atoms with Crippen molar-refractivity contribution in [3.63, 3.8) is 0 Å². The van der Waals surface area contributed by atoms with Crippen LogP contribution in [-0.2, 0) is 4.79 Å². The van der Waals surface area contributed by atoms with Crippen molar-refractivity contribution in [2.75, 3.05) is 0 Å². The molecule has 3 heteroatoms. The van der Waals surface area contributed by atoms with Crippen LogP contribution >= 0.6 is 0 Å². The summed E-state index contributed by atoms with van der Waals surface area (Å²) in [7, 11) is 0. The SMILES string of the molecule is CC(C)CC=C[C@H](C(=O)[O-])C1=CC[C@@]2(C)[C@@H](CC[C@@H]3[C@H]4CC[C@H](O)[C@@]4(C)CC[C@@H]32)C1. The van der Waals surface area contributed by atoms with E-state index in [4.69, 9.17) is 0 Å². The van der Waals surface area contributed by atoms with Crippen LogP contribution in [-0.4, -0.2) is 17.2 Å². The molecule has 1 N–H and O–H groups in total. The Labute approximate surface area is 183 Å². The predicted molar refractivity (Wildman–Crippen MR) is 118 cm³/mol. The minimum atomic E-state index is -0.952. The first-order valence-electron chi connectivity index (χ1n) is 12.4. The molecule has 0 spiro atoms. The van der Waals surface area contributed by atoms with Crippen LogP contribution in [0.5, 0.6) is 0 Å². The number of aliphatic hydroxyl groups is 1. The van der Waals surface area contributed by atoms with Crippen LogP contribution < -0.4 is 5.11 Å². The molecular weight excluding hydrogens is 372 g/mol. The van der Waals surface area contributed by atoms with Crippen molar-refractivity contribution in [1.29, 1.82) is 0 Å². The van der Waals surface area contributed by atoms with E-state index in [1.54, 1.807) is 0 Å². The summed E-state index contributed by atoms with van der Waals surface area (Å²) in [5, 5.41) is 22.6. The lowest BCUT2D eigenvalue weighted by atomic mass is 9.45. The number of hydrogen-bond acceptors (Lipinski definition) is 3. The summed E-state index contributed by atoms with van der Waals surface area (Å²) in [5.41, 5.74) is 1.48. The van der Waals surface area contributed by atoms with Crippen molar-refractivity contribution in [3.05, 3.63) is 23.8 Å². The van der Waals surface area contributed by atoms with Gasteiger partial charge in [-0.15, -0.1) is 0 Å². The number of carboxylic acid groups (broad SMARTS) is 1. The Hall–Kier alpha value is -1.09. The number of aliphatic carboxylic acids is 1. The lowest BCUT2D eigenvalue weighted by molar-refractivity contribution is -0.308. The molecule has 0 radical (unpaired) electrons. The number of fused-ring (bicyclic) bond motifs is 5. The number of aliphatic hydroxyl groups excluding tert-OH is 1. The van der Waals surface area contributed by atoms with E-state index in [1.165, 1.54) is 25.7 Å². The molecule has 0 unspecified atom stereocenters. The summed E-state index contributed by atoms with van der Waals surface area (Å²) in [6.45, 7) is 9.13. The highest BCUT2D eigenvalue weighted by Crippen LogP contribution is 2.66. The first-order valence-corrected chi connectivity index (χ1v) is 12.4. The van der Waals surface area contributed by atoms with Gasteiger partial charge in [0.1, 0.15) is 0 Å². The number of carbonyl (C=O) groups is 1. The molecule has 30 heavy (non-hydrogen) atoms. The van der Waals surface area contributed by atoms with Crippen molar-refractivity contribution >= 4 is 5.97 Å². The molecule has 0 heterocycles. The fourth-order valence-corrected chi connectivity index (χ4v) is 7.97. The fourth-order valence-electron chi connectivity index (χ4n) is 7.97. The number of allylic oxidation sites excluding steroid dienone is 2. The number of carbonyl (C=O) groups excluding carboxylic acids is 1. The molecule has 0 aliphatic heterocycles. The molecule has 3 nitrogen and oxygen atoms in total. The molecule has 0 saturated heterocycles. The van der Waals surface area contributed by atoms with Crippen LogP contribution in [0.25, 0.3) is 0 Å². The first kappa shape index (κ1) is 22.1. The monoisotopic (exact) mass is 413 g/mol. The smallest absolute Gasteiger partial charge is 0.0596 e. The van der Waals surface area contributed by atoms with Crippen LogP contribution in [0.2, 0.25) is 0 Å². The minimum absolute atomic E-state index is 0.117. The van der Waals surface area contributed by atoms with E-state index in [2.05, 4.69) is 33.8 Å². The third kappa shape index (κ3) is 3.59. The van der Waals surface area contributed by atoms with Gasteiger partial charge in [0.15, 0.2) is 0 Å². The van der Waals surface area contributed by atoms with Gasteiger partial charge in [0, 0.05) is 5.92 Å². The highest BCUT2D eigenvalue weighted by Gasteiger charge is 2.59. The van der Waals surface area contributed by atoms with E-state index in [0.717, 1.165) is 49.5 Å². The lowest BCUT2D eigenvalue weighted by Gasteiger charge is -2.60. The topological polar surface area (TPSA) is 60.4 Å². The second-order valence-electron chi connectivity index (χ2n) is 11.8. The molecule has 8 atom stereocenters. The Balaban J connectivity index is 1.54. The maximum atomic E-state index is 11.9. The van der Waals surface area contributed by atoms with Gasteiger partial charge in [-0.2, -0.15) is 0 Å². The van der Waals surface area contributed by atoms with E-state index >= 15 is 0 Å². The van der Waals surface area contributed by atoms with Gasteiger partial charge in [0.05, 0.1) is 12.1 Å². The largest absolute Gasteiger partial charge is 0.549 e. The Morgan fingerprint density at radius 2 is 1.90 bits per heavy atom. The molecule has 0 aromatic rings. The predicted octanol–water partition coefficient (Wildman–Crippen LogP) is 4.89. The van der Waals surface area contributed by atoms with Crippen molar-refractivity contribution in [2.45, 2.75) is 91.6 Å². The number of carboxylic acids is 1. The zero-order chi connectivity index (χ0) is 21.7. The second kappa shape index (κ2) is 8.11. The quantitative estimate of drug-likeness (QED) is 0.653. The van der Waals surface area contributed by atoms with Gasteiger partial charge >= 0.3 is 0 Å². The molecule has 0 aromatic heterocycles. The molecule has 3 fully saturated rings. The van der Waals surface area contributed by atoms with Gasteiger partial charge in [-0.05, 0) is 98.2 Å². The van der Waals surface area contributed by atoms with Gasteiger partial charge in [-0.1, -0.05) is 51.5 Å². The summed E-state index contributed by atoms with van der Waals surface area (Å²) in [5.74, 6) is 1.72. The summed E-state index contributed by atoms with van der Waals surface area (Å²) in [4.78, 5) is 11.9. The van der Waals surface area contributed by atoms with Crippen molar-refractivity contribution < 1.29 is 15.0 Å². The average molecular weight is 414 g/mol. The van der Waals surface area contributed by atoms with E-state index in [9.17, 15) is 15.0 Å². The van der Waals surface area contributed by atoms with Crippen LogP contribution in [0, 0.1) is 46.3 Å². The van der Waals surface area contributed by atoms with Crippen molar-refractivity contribution in [1.82, 2.24) is 0 Å². The molecule has 168 valence electrons. The van der Waals surface area contributed by atoms with Gasteiger partial charge in [-0.3, -0.25) is 0 Å². The minimum Gasteiger partial charge on any atom is -0.549 e. The third-order valence-electron chi connectivity index (χ3n) is 9.89. The van der Waals surface area contributed by atoms with Crippen LogP contribution in [0.1, 0.15) is 85.5 Å². The van der Waals surface area contributed by atoms with Gasteiger partial charge in [0.25, 0.3) is 0 Å². The second-order valence-corrected chi connectivity index (χ2v) is 11.8. The highest BCUT2D eigenvalue weighted by atomic mass is 16.4. The van der Waals surface area contributed by atoms with E-state index < -0.39 is 11.9 Å². The molecule has 4 aliphatic carbocycles. The molecular formula is C27H41O3-.